The molecular weight excluding hydrogens is 320 g/mol. The molecule has 132 valence electrons. The van der Waals surface area contributed by atoms with Crippen LogP contribution in [0, 0.1) is 6.92 Å². The lowest BCUT2D eigenvalue weighted by atomic mass is 10.1. The largest absolute Gasteiger partial charge is 0.493 e. The molecule has 0 radical (unpaired) electrons. The van der Waals surface area contributed by atoms with Gasteiger partial charge in [-0.15, -0.1) is 0 Å². The second kappa shape index (κ2) is 7.70. The van der Waals surface area contributed by atoms with Gasteiger partial charge in [0.05, 0.1) is 14.2 Å². The van der Waals surface area contributed by atoms with Crippen molar-refractivity contribution >= 4 is 17.5 Å². The molecule has 6 nitrogen and oxygen atoms in total. The van der Waals surface area contributed by atoms with Crippen LogP contribution in [0.3, 0.4) is 0 Å². The molecule has 0 aromatic heterocycles. The van der Waals surface area contributed by atoms with E-state index in [1.165, 1.54) is 19.1 Å². The molecule has 25 heavy (non-hydrogen) atoms. The molecule has 2 amide bonds. The third kappa shape index (κ3) is 4.09. The van der Waals surface area contributed by atoms with Crippen molar-refractivity contribution in [3.05, 3.63) is 53.1 Å². The number of rotatable bonds is 5. The van der Waals surface area contributed by atoms with Crippen LogP contribution in [-0.2, 0) is 0 Å². The quantitative estimate of drug-likeness (QED) is 0.907. The van der Waals surface area contributed by atoms with Gasteiger partial charge in [0.15, 0.2) is 11.5 Å². The first-order chi connectivity index (χ1) is 11.9. The maximum atomic E-state index is 12.5. The lowest BCUT2D eigenvalue weighted by Gasteiger charge is -2.14. The summed E-state index contributed by atoms with van der Waals surface area (Å²) < 4.78 is 10.4. The molecule has 2 aromatic rings. The average molecular weight is 342 g/mol. The van der Waals surface area contributed by atoms with Crippen LogP contribution in [0.25, 0.3) is 0 Å². The van der Waals surface area contributed by atoms with Crippen molar-refractivity contribution in [1.29, 1.82) is 0 Å². The van der Waals surface area contributed by atoms with E-state index in [0.717, 1.165) is 5.56 Å². The minimum atomic E-state index is -0.293. The van der Waals surface area contributed by atoms with Gasteiger partial charge in [-0.25, -0.2) is 0 Å². The minimum Gasteiger partial charge on any atom is -0.493 e. The zero-order valence-corrected chi connectivity index (χ0v) is 15.0. The number of amides is 2. The molecule has 0 spiro atoms. The summed E-state index contributed by atoms with van der Waals surface area (Å²) >= 11 is 0. The predicted molar refractivity (Wildman–Crippen MR) is 96.7 cm³/mol. The fraction of sp³-hybridized carbons (Fsp3) is 0.263. The van der Waals surface area contributed by atoms with Gasteiger partial charge in [-0.3, -0.25) is 9.59 Å². The molecule has 0 unspecified atom stereocenters. The Hall–Kier alpha value is -3.02. The number of hydrogen-bond donors (Lipinski definition) is 1. The van der Waals surface area contributed by atoms with E-state index in [9.17, 15) is 9.59 Å². The highest BCUT2D eigenvalue weighted by Crippen LogP contribution is 2.28. The second-order valence-electron chi connectivity index (χ2n) is 5.75. The molecule has 0 aliphatic heterocycles. The van der Waals surface area contributed by atoms with Crippen LogP contribution in [0.1, 0.15) is 26.3 Å². The maximum absolute atomic E-state index is 12.5. The Balaban J connectivity index is 2.28. The highest BCUT2D eigenvalue weighted by atomic mass is 16.5. The molecule has 0 atom stereocenters. The van der Waals surface area contributed by atoms with Crippen LogP contribution < -0.4 is 14.8 Å². The van der Waals surface area contributed by atoms with E-state index in [1.807, 2.05) is 6.92 Å². The molecule has 2 aromatic carbocycles. The average Bonchev–Trinajstić information content (AvgIpc) is 2.62. The monoisotopic (exact) mass is 342 g/mol. The fourth-order valence-electron chi connectivity index (χ4n) is 2.32. The molecule has 0 saturated carbocycles. The van der Waals surface area contributed by atoms with Crippen LogP contribution in [0.4, 0.5) is 5.69 Å². The number of carbonyl (C=O) groups excluding carboxylic acids is 2. The van der Waals surface area contributed by atoms with Gasteiger partial charge in [0.25, 0.3) is 11.8 Å². The summed E-state index contributed by atoms with van der Waals surface area (Å²) in [4.78, 5) is 26.1. The highest BCUT2D eigenvalue weighted by Gasteiger charge is 2.14. The maximum Gasteiger partial charge on any atom is 0.255 e. The van der Waals surface area contributed by atoms with Crippen molar-refractivity contribution in [3.8, 4) is 11.5 Å². The molecule has 0 aliphatic carbocycles. The smallest absolute Gasteiger partial charge is 0.255 e. The number of nitrogens with one attached hydrogen (secondary N) is 1. The molecule has 0 saturated heterocycles. The van der Waals surface area contributed by atoms with Gasteiger partial charge in [0.2, 0.25) is 0 Å². The van der Waals surface area contributed by atoms with Gasteiger partial charge in [0.1, 0.15) is 0 Å². The van der Waals surface area contributed by atoms with Gasteiger partial charge in [-0.05, 0) is 42.8 Å². The Morgan fingerprint density at radius 1 is 0.920 bits per heavy atom. The zero-order valence-electron chi connectivity index (χ0n) is 15.0. The molecule has 0 bridgehead atoms. The van der Waals surface area contributed by atoms with E-state index >= 15 is 0 Å². The van der Waals surface area contributed by atoms with E-state index in [-0.39, 0.29) is 11.8 Å². The first-order valence-electron chi connectivity index (χ1n) is 7.73. The third-order valence-corrected chi connectivity index (χ3v) is 3.78. The number of benzene rings is 2. The molecular formula is C19H22N2O4. The Labute approximate surface area is 147 Å². The summed E-state index contributed by atoms with van der Waals surface area (Å²) in [5.41, 5.74) is 2.40. The molecule has 2 rings (SSSR count). The van der Waals surface area contributed by atoms with E-state index < -0.39 is 0 Å². The van der Waals surface area contributed by atoms with Crippen molar-refractivity contribution in [3.63, 3.8) is 0 Å². The van der Waals surface area contributed by atoms with Gasteiger partial charge in [-0.1, -0.05) is 6.07 Å². The van der Waals surface area contributed by atoms with Crippen LogP contribution in [0.15, 0.2) is 36.4 Å². The first-order valence-corrected chi connectivity index (χ1v) is 7.73. The summed E-state index contributed by atoms with van der Waals surface area (Å²) in [6.07, 6.45) is 0. The van der Waals surface area contributed by atoms with E-state index in [4.69, 9.17) is 9.47 Å². The van der Waals surface area contributed by atoms with Gasteiger partial charge in [0, 0.05) is 30.9 Å². The summed E-state index contributed by atoms with van der Waals surface area (Å²) in [6.45, 7) is 1.87. The van der Waals surface area contributed by atoms with Crippen LogP contribution in [-0.4, -0.2) is 45.0 Å². The highest BCUT2D eigenvalue weighted by molar-refractivity contribution is 6.06. The van der Waals surface area contributed by atoms with Crippen molar-refractivity contribution in [1.82, 2.24) is 4.90 Å². The Morgan fingerprint density at radius 2 is 1.56 bits per heavy atom. The number of aryl methyl sites for hydroxylation is 1. The van der Waals surface area contributed by atoms with Crippen LogP contribution in [0.5, 0.6) is 11.5 Å². The topological polar surface area (TPSA) is 67.9 Å². The van der Waals surface area contributed by atoms with Gasteiger partial charge < -0.3 is 19.7 Å². The molecule has 0 fully saturated rings. The molecule has 0 aliphatic rings. The Bertz CT molecular complexity index is 800. The molecule has 0 heterocycles. The fourth-order valence-corrected chi connectivity index (χ4v) is 2.32. The number of anilines is 1. The second-order valence-corrected chi connectivity index (χ2v) is 5.75. The molecule has 1 N–H and O–H groups in total. The summed E-state index contributed by atoms with van der Waals surface area (Å²) in [5.74, 6) is 0.609. The molecule has 6 heteroatoms. The van der Waals surface area contributed by atoms with Crippen LogP contribution >= 0.6 is 0 Å². The number of nitrogens with zero attached hydrogens (tertiary/aromatic N) is 1. The lowest BCUT2D eigenvalue weighted by Crippen LogP contribution is -2.22. The van der Waals surface area contributed by atoms with Crippen molar-refractivity contribution in [2.24, 2.45) is 0 Å². The number of carbonyl (C=O) groups is 2. The van der Waals surface area contributed by atoms with Gasteiger partial charge in [-0.2, -0.15) is 0 Å². The minimum absolute atomic E-state index is 0.124. The SMILES string of the molecule is COc1ccc(C(=O)Nc2cc(C(=O)N(C)C)ccc2C)cc1OC. The standard InChI is InChI=1S/C19H22N2O4/c1-12-6-7-14(19(23)21(2)3)10-15(12)20-18(22)13-8-9-16(24-4)17(11-13)25-5/h6-11H,1-5H3,(H,20,22). The number of ether oxygens (including phenoxy) is 2. The predicted octanol–water partition coefficient (Wildman–Crippen LogP) is 2.97. The Morgan fingerprint density at radius 3 is 2.16 bits per heavy atom. The van der Waals surface area contributed by atoms with Gasteiger partial charge >= 0.3 is 0 Å². The summed E-state index contributed by atoms with van der Waals surface area (Å²) in [5, 5.41) is 2.84. The summed E-state index contributed by atoms with van der Waals surface area (Å²) in [7, 11) is 6.42. The normalized spacial score (nSPS) is 10.1. The first kappa shape index (κ1) is 18.3. The van der Waals surface area contributed by atoms with Crippen molar-refractivity contribution in [2.45, 2.75) is 6.92 Å². The van der Waals surface area contributed by atoms with Crippen molar-refractivity contribution in [2.75, 3.05) is 33.6 Å². The number of methoxy groups -OCH3 is 2. The number of hydrogen-bond acceptors (Lipinski definition) is 4. The van der Waals surface area contributed by atoms with E-state index in [1.54, 1.807) is 50.5 Å². The van der Waals surface area contributed by atoms with E-state index in [0.29, 0.717) is 28.3 Å². The summed E-state index contributed by atoms with van der Waals surface area (Å²) in [6, 6.07) is 10.2. The third-order valence-electron chi connectivity index (χ3n) is 3.78. The lowest BCUT2D eigenvalue weighted by molar-refractivity contribution is 0.0827. The van der Waals surface area contributed by atoms with E-state index in [2.05, 4.69) is 5.32 Å². The zero-order chi connectivity index (χ0) is 18.6. The van der Waals surface area contributed by atoms with Crippen LogP contribution in [0.2, 0.25) is 0 Å². The Kier molecular flexibility index (Phi) is 5.64. The van der Waals surface area contributed by atoms with Crippen molar-refractivity contribution < 1.29 is 19.1 Å².